The van der Waals surface area contributed by atoms with E-state index in [2.05, 4.69) is 4.98 Å². The molecule has 24 heavy (non-hydrogen) atoms. The van der Waals surface area contributed by atoms with Crippen molar-refractivity contribution < 1.29 is 19.4 Å². The number of hydrogen-bond donors (Lipinski definition) is 1. The van der Waals surface area contributed by atoms with Gasteiger partial charge in [0.25, 0.3) is 0 Å². The third-order valence-electron chi connectivity index (χ3n) is 3.52. The van der Waals surface area contributed by atoms with Crippen LogP contribution in [0.5, 0.6) is 0 Å². The number of fused-ring (bicyclic) bond motifs is 3. The fourth-order valence-corrected chi connectivity index (χ4v) is 2.67. The molecule has 1 aromatic carbocycles. The number of rotatable bonds is 2. The van der Waals surface area contributed by atoms with Crippen LogP contribution in [0.3, 0.4) is 0 Å². The van der Waals surface area contributed by atoms with Crippen LogP contribution >= 0.6 is 0 Å². The molecule has 0 amide bonds. The number of para-hydroxylation sites is 1. The molecule has 0 aliphatic carbocycles. The molecular formula is C18H18N2O4. The summed E-state index contributed by atoms with van der Waals surface area (Å²) in [6.45, 7) is 5.42. The predicted octanol–water partition coefficient (Wildman–Crippen LogP) is 3.60. The highest BCUT2D eigenvalue weighted by Crippen LogP contribution is 2.29. The van der Waals surface area contributed by atoms with Crippen LogP contribution in [-0.4, -0.2) is 32.3 Å². The number of carboxylic acid groups (broad SMARTS) is 1. The van der Waals surface area contributed by atoms with E-state index in [1.807, 2.05) is 45.0 Å². The van der Waals surface area contributed by atoms with E-state index in [-0.39, 0.29) is 6.42 Å². The molecule has 0 radical (unpaired) electrons. The monoisotopic (exact) mass is 326 g/mol. The number of hydrogen-bond acceptors (Lipinski definition) is 4. The number of carbonyl (C=O) groups excluding carboxylic acids is 1. The van der Waals surface area contributed by atoms with Gasteiger partial charge in [-0.05, 0) is 32.9 Å². The summed E-state index contributed by atoms with van der Waals surface area (Å²) in [6.07, 6.45) is 0.876. The first kappa shape index (κ1) is 16.0. The minimum atomic E-state index is -0.947. The molecule has 6 nitrogen and oxygen atoms in total. The third kappa shape index (κ3) is 2.95. The minimum absolute atomic E-state index is 0.165. The lowest BCUT2D eigenvalue weighted by molar-refractivity contribution is -0.136. The number of benzene rings is 1. The highest BCUT2D eigenvalue weighted by Gasteiger charge is 2.22. The molecule has 0 saturated heterocycles. The Hall–Kier alpha value is -2.89. The van der Waals surface area contributed by atoms with Crippen LogP contribution in [0.4, 0.5) is 4.79 Å². The number of aliphatic carboxylic acids is 1. The lowest BCUT2D eigenvalue weighted by Crippen LogP contribution is -2.27. The van der Waals surface area contributed by atoms with Crippen LogP contribution < -0.4 is 0 Å². The van der Waals surface area contributed by atoms with E-state index in [0.717, 1.165) is 10.8 Å². The first-order valence-electron chi connectivity index (χ1n) is 7.59. The molecule has 0 spiro atoms. The summed E-state index contributed by atoms with van der Waals surface area (Å²) < 4.78 is 6.97. The van der Waals surface area contributed by atoms with Gasteiger partial charge in [0.2, 0.25) is 0 Å². The second-order valence-electron chi connectivity index (χ2n) is 6.60. The van der Waals surface area contributed by atoms with Gasteiger partial charge in [0.15, 0.2) is 0 Å². The number of pyridine rings is 1. The highest BCUT2D eigenvalue weighted by molar-refractivity contribution is 6.12. The Morgan fingerprint density at radius 2 is 1.88 bits per heavy atom. The molecule has 0 unspecified atom stereocenters. The molecule has 0 fully saturated rings. The van der Waals surface area contributed by atoms with Gasteiger partial charge < -0.3 is 9.84 Å². The van der Waals surface area contributed by atoms with Gasteiger partial charge in [0, 0.05) is 10.8 Å². The number of ether oxygens (including phenoxy) is 1. The normalized spacial score (nSPS) is 11.8. The van der Waals surface area contributed by atoms with E-state index in [1.54, 1.807) is 6.07 Å². The number of carbonyl (C=O) groups is 2. The van der Waals surface area contributed by atoms with E-state index in [0.29, 0.717) is 16.7 Å². The van der Waals surface area contributed by atoms with E-state index in [1.165, 1.54) is 10.8 Å². The summed E-state index contributed by atoms with van der Waals surface area (Å²) in [5.74, 6) is -0.947. The Morgan fingerprint density at radius 1 is 1.17 bits per heavy atom. The lowest BCUT2D eigenvalue weighted by Gasteiger charge is -2.20. The number of carboxylic acids is 1. The molecular weight excluding hydrogens is 308 g/mol. The molecule has 0 bridgehead atoms. The smallest absolute Gasteiger partial charge is 0.419 e. The summed E-state index contributed by atoms with van der Waals surface area (Å²) in [6, 6.07) is 9.15. The van der Waals surface area contributed by atoms with Crippen molar-refractivity contribution in [2.75, 3.05) is 0 Å². The second-order valence-corrected chi connectivity index (χ2v) is 6.60. The molecule has 3 aromatic rings. The molecule has 0 aliphatic heterocycles. The van der Waals surface area contributed by atoms with Crippen molar-refractivity contribution in [3.63, 3.8) is 0 Å². The van der Waals surface area contributed by atoms with E-state index in [9.17, 15) is 9.59 Å². The van der Waals surface area contributed by atoms with Gasteiger partial charge in [-0.2, -0.15) is 0 Å². The van der Waals surface area contributed by atoms with Crippen molar-refractivity contribution in [3.8, 4) is 0 Å². The standard InChI is InChI=1S/C18H18N2O4/c1-18(2,3)24-17(23)20-14-7-5-4-6-12(14)13-8-11(9-16(21)22)19-10-15(13)20/h4-8,10H,9H2,1-3H3,(H,21,22). The van der Waals surface area contributed by atoms with Crippen LogP contribution in [-0.2, 0) is 16.0 Å². The van der Waals surface area contributed by atoms with E-state index >= 15 is 0 Å². The highest BCUT2D eigenvalue weighted by atomic mass is 16.6. The van der Waals surface area contributed by atoms with Gasteiger partial charge in [0.1, 0.15) is 5.60 Å². The molecule has 2 aromatic heterocycles. The van der Waals surface area contributed by atoms with Crippen LogP contribution in [0.15, 0.2) is 36.5 Å². The number of aromatic nitrogens is 2. The van der Waals surface area contributed by atoms with Crippen molar-refractivity contribution in [3.05, 3.63) is 42.2 Å². The fraction of sp³-hybridized carbons (Fsp3) is 0.278. The Balaban J connectivity index is 2.24. The molecule has 1 N–H and O–H groups in total. The largest absolute Gasteiger partial charge is 0.481 e. The fourth-order valence-electron chi connectivity index (χ4n) is 2.67. The SMILES string of the molecule is CC(C)(C)OC(=O)n1c2ccccc2c2cc(CC(=O)O)ncc21. The molecule has 124 valence electrons. The van der Waals surface area contributed by atoms with Gasteiger partial charge in [-0.25, -0.2) is 9.36 Å². The average Bonchev–Trinajstić information content (AvgIpc) is 2.79. The van der Waals surface area contributed by atoms with Gasteiger partial charge in [0.05, 0.1) is 29.3 Å². The quantitative estimate of drug-likeness (QED) is 0.778. The second kappa shape index (κ2) is 5.63. The maximum absolute atomic E-state index is 12.6. The summed E-state index contributed by atoms with van der Waals surface area (Å²) >= 11 is 0. The first-order chi connectivity index (χ1) is 11.3. The van der Waals surface area contributed by atoms with Gasteiger partial charge >= 0.3 is 12.1 Å². The molecule has 2 heterocycles. The van der Waals surface area contributed by atoms with Crippen molar-refractivity contribution in [1.82, 2.24) is 9.55 Å². The molecule has 0 aliphatic rings. The summed E-state index contributed by atoms with van der Waals surface area (Å²) in [5.41, 5.74) is 1.13. The Kier molecular flexibility index (Phi) is 3.75. The Labute approximate surface area is 138 Å². The van der Waals surface area contributed by atoms with Gasteiger partial charge in [-0.1, -0.05) is 18.2 Å². The Morgan fingerprint density at radius 3 is 2.54 bits per heavy atom. The summed E-state index contributed by atoms with van der Waals surface area (Å²) in [4.78, 5) is 27.7. The van der Waals surface area contributed by atoms with E-state index in [4.69, 9.17) is 9.84 Å². The van der Waals surface area contributed by atoms with E-state index < -0.39 is 17.7 Å². The molecule has 0 saturated carbocycles. The maximum Gasteiger partial charge on any atom is 0.419 e. The summed E-state index contributed by atoms with van der Waals surface area (Å²) in [5, 5.41) is 10.6. The van der Waals surface area contributed by atoms with Gasteiger partial charge in [-0.15, -0.1) is 0 Å². The van der Waals surface area contributed by atoms with Crippen molar-refractivity contribution in [1.29, 1.82) is 0 Å². The zero-order chi connectivity index (χ0) is 17.5. The van der Waals surface area contributed by atoms with Crippen LogP contribution in [0.25, 0.3) is 21.8 Å². The zero-order valence-electron chi connectivity index (χ0n) is 13.7. The Bertz CT molecular complexity index is 951. The van der Waals surface area contributed by atoms with Crippen LogP contribution in [0.1, 0.15) is 26.5 Å². The molecule has 0 atom stereocenters. The summed E-state index contributed by atoms with van der Waals surface area (Å²) in [7, 11) is 0. The molecule has 3 rings (SSSR count). The molecule has 6 heteroatoms. The van der Waals surface area contributed by atoms with Crippen LogP contribution in [0, 0.1) is 0 Å². The topological polar surface area (TPSA) is 81.4 Å². The predicted molar refractivity (Wildman–Crippen MR) is 90.2 cm³/mol. The van der Waals surface area contributed by atoms with Crippen molar-refractivity contribution in [2.45, 2.75) is 32.8 Å². The maximum atomic E-state index is 12.6. The zero-order valence-corrected chi connectivity index (χ0v) is 13.7. The lowest BCUT2D eigenvalue weighted by atomic mass is 10.1. The average molecular weight is 326 g/mol. The third-order valence-corrected chi connectivity index (χ3v) is 3.52. The minimum Gasteiger partial charge on any atom is -0.481 e. The van der Waals surface area contributed by atoms with Gasteiger partial charge in [-0.3, -0.25) is 9.78 Å². The van der Waals surface area contributed by atoms with Crippen molar-refractivity contribution >= 4 is 33.9 Å². The van der Waals surface area contributed by atoms with Crippen molar-refractivity contribution in [2.24, 2.45) is 0 Å². The number of nitrogens with zero attached hydrogens (tertiary/aromatic N) is 2. The first-order valence-corrected chi connectivity index (χ1v) is 7.59. The van der Waals surface area contributed by atoms with Crippen LogP contribution in [0.2, 0.25) is 0 Å².